The van der Waals surface area contributed by atoms with E-state index in [1.165, 1.54) is 4.90 Å². The molecule has 11 nitrogen and oxygen atoms in total. The van der Waals surface area contributed by atoms with E-state index in [1.807, 2.05) is 13.8 Å². The van der Waals surface area contributed by atoms with Gasteiger partial charge in [0.25, 0.3) is 5.91 Å². The molecular weight excluding hydrogens is 532 g/mol. The molecule has 2 aromatic rings. The molecule has 2 aromatic carbocycles. The largest absolute Gasteiger partial charge is 0.466 e. The van der Waals surface area contributed by atoms with Crippen molar-refractivity contribution in [1.29, 1.82) is 0 Å². The molecule has 2 aliphatic heterocycles. The Morgan fingerprint density at radius 1 is 0.780 bits per heavy atom. The van der Waals surface area contributed by atoms with Gasteiger partial charge in [-0.3, -0.25) is 4.79 Å². The second-order valence-electron chi connectivity index (χ2n) is 9.74. The number of carbonyl (C=O) groups is 5. The summed E-state index contributed by atoms with van der Waals surface area (Å²) in [5.74, 6) is -5.13. The smallest absolute Gasteiger partial charge is 0.355 e. The summed E-state index contributed by atoms with van der Waals surface area (Å²) in [5, 5.41) is 2.77. The standard InChI is InChI=1S/C30H30N2O9/c1-15(2)17-9-11-18(12-10-17)32-24(28(36)41-7)22(26(34)39-5)21(25(33)38-4)23(27(35)40-6)30(32)19-14-16(3)8-13-20(19)31-29(30)37/h8-15H,1-7H3,(H,31,37). The van der Waals surface area contributed by atoms with E-state index < -0.39 is 57.7 Å². The number of rotatable bonds is 6. The molecule has 0 aromatic heterocycles. The van der Waals surface area contributed by atoms with E-state index >= 15 is 0 Å². The van der Waals surface area contributed by atoms with Gasteiger partial charge in [-0.2, -0.15) is 0 Å². The van der Waals surface area contributed by atoms with Crippen molar-refractivity contribution < 1.29 is 42.9 Å². The Morgan fingerprint density at radius 2 is 1.34 bits per heavy atom. The number of hydrogen-bond donors (Lipinski definition) is 1. The lowest BCUT2D eigenvalue weighted by Crippen LogP contribution is -2.59. The van der Waals surface area contributed by atoms with E-state index in [2.05, 4.69) is 5.32 Å². The first-order valence-electron chi connectivity index (χ1n) is 12.6. The average Bonchev–Trinajstić information content (AvgIpc) is 3.25. The zero-order valence-electron chi connectivity index (χ0n) is 23.7. The Bertz CT molecular complexity index is 1540. The molecule has 4 rings (SSSR count). The highest BCUT2D eigenvalue weighted by molar-refractivity contribution is 6.25. The van der Waals surface area contributed by atoms with E-state index in [0.717, 1.165) is 34.0 Å². The van der Waals surface area contributed by atoms with Crippen molar-refractivity contribution in [1.82, 2.24) is 0 Å². The number of nitrogens with zero attached hydrogens (tertiary/aromatic N) is 1. The number of benzene rings is 2. The molecule has 1 amide bonds. The summed E-state index contributed by atoms with van der Waals surface area (Å²) in [6.45, 7) is 5.77. The molecule has 1 atom stereocenters. The molecule has 0 saturated carbocycles. The van der Waals surface area contributed by atoms with Gasteiger partial charge in [-0.15, -0.1) is 0 Å². The maximum atomic E-state index is 14.3. The van der Waals surface area contributed by atoms with Crippen molar-refractivity contribution in [3.8, 4) is 0 Å². The summed E-state index contributed by atoms with van der Waals surface area (Å²) < 4.78 is 20.2. The molecule has 2 aliphatic rings. The fraction of sp³-hybridized carbons (Fsp3) is 0.300. The summed E-state index contributed by atoms with van der Waals surface area (Å²) in [5.41, 5.74) is -2.08. The van der Waals surface area contributed by atoms with Gasteiger partial charge in [-0.05, 0) is 36.6 Å². The fourth-order valence-corrected chi connectivity index (χ4v) is 5.27. The number of fused-ring (bicyclic) bond motifs is 2. The van der Waals surface area contributed by atoms with Crippen LogP contribution < -0.4 is 10.2 Å². The van der Waals surface area contributed by atoms with Crippen molar-refractivity contribution in [2.45, 2.75) is 32.2 Å². The number of esters is 4. The van der Waals surface area contributed by atoms with Crippen molar-refractivity contribution in [2.24, 2.45) is 0 Å². The van der Waals surface area contributed by atoms with Gasteiger partial charge in [0.1, 0.15) is 11.3 Å². The van der Waals surface area contributed by atoms with Crippen LogP contribution in [0.25, 0.3) is 0 Å². The van der Waals surface area contributed by atoms with Crippen LogP contribution in [0.2, 0.25) is 0 Å². The zero-order valence-corrected chi connectivity index (χ0v) is 23.7. The number of amides is 1. The quantitative estimate of drug-likeness (QED) is 0.413. The minimum atomic E-state index is -2.21. The van der Waals surface area contributed by atoms with Gasteiger partial charge in [0.15, 0.2) is 5.54 Å². The maximum Gasteiger partial charge on any atom is 0.355 e. The highest BCUT2D eigenvalue weighted by atomic mass is 16.5. The predicted octanol–water partition coefficient (Wildman–Crippen LogP) is 3.03. The molecule has 214 valence electrons. The van der Waals surface area contributed by atoms with Gasteiger partial charge < -0.3 is 29.2 Å². The number of carbonyl (C=O) groups excluding carboxylic acids is 5. The third kappa shape index (κ3) is 4.33. The van der Waals surface area contributed by atoms with Crippen molar-refractivity contribution >= 4 is 41.2 Å². The Kier molecular flexibility index (Phi) is 7.74. The Hall–Kier alpha value is -4.93. The van der Waals surface area contributed by atoms with Gasteiger partial charge >= 0.3 is 23.9 Å². The van der Waals surface area contributed by atoms with Crippen LogP contribution in [0.4, 0.5) is 11.4 Å². The number of aryl methyl sites for hydroxylation is 1. The predicted molar refractivity (Wildman–Crippen MR) is 147 cm³/mol. The van der Waals surface area contributed by atoms with Crippen LogP contribution >= 0.6 is 0 Å². The van der Waals surface area contributed by atoms with Crippen molar-refractivity contribution in [3.63, 3.8) is 0 Å². The zero-order chi connectivity index (χ0) is 30.2. The van der Waals surface area contributed by atoms with Crippen LogP contribution in [0.5, 0.6) is 0 Å². The SMILES string of the molecule is COC(=O)C1=C(C(=O)OC)N(c2ccc(C(C)C)cc2)C2(C(=O)Nc3ccc(C)cc32)C(C(=O)OC)=C1C(=O)OC. The molecule has 11 heteroatoms. The summed E-state index contributed by atoms with van der Waals surface area (Å²) in [6, 6.07) is 11.9. The molecule has 0 radical (unpaired) electrons. The number of anilines is 2. The monoisotopic (exact) mass is 562 g/mol. The third-order valence-corrected chi connectivity index (χ3v) is 7.16. The molecule has 1 unspecified atom stereocenters. The normalized spacial score (nSPS) is 17.9. The van der Waals surface area contributed by atoms with Gasteiger partial charge in [0, 0.05) is 16.9 Å². The van der Waals surface area contributed by atoms with Gasteiger partial charge in [-0.25, -0.2) is 19.2 Å². The lowest BCUT2D eigenvalue weighted by atomic mass is 9.73. The van der Waals surface area contributed by atoms with E-state index in [4.69, 9.17) is 18.9 Å². The topological polar surface area (TPSA) is 138 Å². The number of methoxy groups -OCH3 is 4. The van der Waals surface area contributed by atoms with Gasteiger partial charge in [0.05, 0.1) is 39.6 Å². The lowest BCUT2D eigenvalue weighted by molar-refractivity contribution is -0.143. The minimum absolute atomic E-state index is 0.148. The molecule has 2 heterocycles. The Morgan fingerprint density at radius 3 is 1.88 bits per heavy atom. The first-order valence-corrected chi connectivity index (χ1v) is 12.6. The molecular formula is C30H30N2O9. The number of hydrogen-bond acceptors (Lipinski definition) is 10. The van der Waals surface area contributed by atoms with Crippen LogP contribution in [0.1, 0.15) is 36.5 Å². The number of ether oxygens (including phenoxy) is 4. The number of nitrogens with one attached hydrogen (secondary N) is 1. The van der Waals surface area contributed by atoms with Crippen LogP contribution in [-0.2, 0) is 48.5 Å². The molecule has 0 aliphatic carbocycles. The Balaban J connectivity index is 2.33. The van der Waals surface area contributed by atoms with Gasteiger partial charge in [-0.1, -0.05) is 43.7 Å². The van der Waals surface area contributed by atoms with Crippen molar-refractivity contribution in [2.75, 3.05) is 38.7 Å². The highest BCUT2D eigenvalue weighted by Gasteiger charge is 2.64. The van der Waals surface area contributed by atoms with Crippen molar-refractivity contribution in [3.05, 3.63) is 81.6 Å². The fourth-order valence-electron chi connectivity index (χ4n) is 5.27. The molecule has 41 heavy (non-hydrogen) atoms. The van der Waals surface area contributed by atoms with E-state index in [0.29, 0.717) is 11.3 Å². The lowest BCUT2D eigenvalue weighted by Gasteiger charge is -2.46. The molecule has 0 bridgehead atoms. The minimum Gasteiger partial charge on any atom is -0.466 e. The summed E-state index contributed by atoms with van der Waals surface area (Å²) in [7, 11) is 4.24. The molecule has 1 N–H and O–H groups in total. The van der Waals surface area contributed by atoms with Gasteiger partial charge in [0.2, 0.25) is 0 Å². The second kappa shape index (κ2) is 10.9. The second-order valence-corrected chi connectivity index (χ2v) is 9.74. The molecule has 0 saturated heterocycles. The summed E-state index contributed by atoms with van der Waals surface area (Å²) in [6.07, 6.45) is 0. The van der Waals surface area contributed by atoms with Crippen LogP contribution in [0.3, 0.4) is 0 Å². The Labute approximate surface area is 236 Å². The summed E-state index contributed by atoms with van der Waals surface area (Å²) in [4.78, 5) is 69.8. The van der Waals surface area contributed by atoms with E-state index in [9.17, 15) is 24.0 Å². The van der Waals surface area contributed by atoms with E-state index in [-0.39, 0.29) is 17.2 Å². The van der Waals surface area contributed by atoms with Crippen LogP contribution in [0.15, 0.2) is 64.9 Å². The maximum absolute atomic E-state index is 14.3. The highest BCUT2D eigenvalue weighted by Crippen LogP contribution is 2.54. The molecule has 1 spiro atoms. The molecule has 0 fully saturated rings. The van der Waals surface area contributed by atoms with Crippen LogP contribution in [0, 0.1) is 6.92 Å². The van der Waals surface area contributed by atoms with E-state index in [1.54, 1.807) is 49.4 Å². The average molecular weight is 563 g/mol. The summed E-state index contributed by atoms with van der Waals surface area (Å²) >= 11 is 0. The first kappa shape index (κ1) is 29.1. The third-order valence-electron chi connectivity index (χ3n) is 7.16. The first-order chi connectivity index (χ1) is 19.5. The van der Waals surface area contributed by atoms with Crippen LogP contribution in [-0.4, -0.2) is 58.2 Å².